The lowest BCUT2D eigenvalue weighted by Gasteiger charge is -2.12. The lowest BCUT2D eigenvalue weighted by molar-refractivity contribution is -0.116. The molecule has 3 N–H and O–H groups in total. The first-order chi connectivity index (χ1) is 15.4. The molecule has 0 aliphatic rings. The van der Waals surface area contributed by atoms with Crippen LogP contribution in [0.4, 0.5) is 11.4 Å². The molecule has 0 fully saturated rings. The van der Waals surface area contributed by atoms with Crippen LogP contribution in [0.3, 0.4) is 0 Å². The Balaban J connectivity index is 1.69. The lowest BCUT2D eigenvalue weighted by atomic mass is 10.2. The summed E-state index contributed by atoms with van der Waals surface area (Å²) in [5, 5.41) is 12.6. The summed E-state index contributed by atoms with van der Waals surface area (Å²) in [6.07, 6.45) is 0.180. The number of hydrogen-bond donors (Lipinski definition) is 3. The highest BCUT2D eigenvalue weighted by atomic mass is 32.1. The van der Waals surface area contributed by atoms with Crippen molar-refractivity contribution in [3.05, 3.63) is 47.2 Å². The lowest BCUT2D eigenvalue weighted by Crippen LogP contribution is -2.15. The maximum absolute atomic E-state index is 12.5. The van der Waals surface area contributed by atoms with Crippen molar-refractivity contribution in [3.63, 3.8) is 0 Å². The SMILES string of the molecule is CCOc1ccc(-c2n[nH]c(=S)n2CCC(=O)Nc2ccc(OC)c(NC(C)=O)c2)cc1. The van der Waals surface area contributed by atoms with Gasteiger partial charge in [-0.05, 0) is 61.6 Å². The van der Waals surface area contributed by atoms with Crippen LogP contribution in [0.2, 0.25) is 0 Å². The average Bonchev–Trinajstić information content (AvgIpc) is 3.13. The van der Waals surface area contributed by atoms with Gasteiger partial charge in [-0.15, -0.1) is 0 Å². The number of nitrogens with one attached hydrogen (secondary N) is 3. The van der Waals surface area contributed by atoms with E-state index in [2.05, 4.69) is 20.8 Å². The van der Waals surface area contributed by atoms with E-state index >= 15 is 0 Å². The molecule has 0 spiro atoms. The number of carbonyl (C=O) groups excluding carboxylic acids is 2. The average molecular weight is 456 g/mol. The van der Waals surface area contributed by atoms with Gasteiger partial charge in [0.25, 0.3) is 0 Å². The number of carbonyl (C=O) groups is 2. The monoisotopic (exact) mass is 455 g/mol. The third-order valence-electron chi connectivity index (χ3n) is 4.54. The fraction of sp³-hybridized carbons (Fsp3) is 0.273. The van der Waals surface area contributed by atoms with Gasteiger partial charge in [0.2, 0.25) is 11.8 Å². The van der Waals surface area contributed by atoms with Crippen LogP contribution in [0, 0.1) is 4.77 Å². The van der Waals surface area contributed by atoms with E-state index in [0.717, 1.165) is 11.3 Å². The Morgan fingerprint density at radius 2 is 1.91 bits per heavy atom. The number of rotatable bonds is 9. The third kappa shape index (κ3) is 5.73. The fourth-order valence-corrected chi connectivity index (χ4v) is 3.35. The second-order valence-electron chi connectivity index (χ2n) is 6.86. The van der Waals surface area contributed by atoms with Gasteiger partial charge in [0.05, 0.1) is 19.4 Å². The maximum atomic E-state index is 12.5. The predicted octanol–water partition coefficient (Wildman–Crippen LogP) is 4.00. The van der Waals surface area contributed by atoms with Gasteiger partial charge in [0.1, 0.15) is 11.5 Å². The van der Waals surface area contributed by atoms with E-state index in [9.17, 15) is 9.59 Å². The van der Waals surface area contributed by atoms with Crippen molar-refractivity contribution in [1.82, 2.24) is 14.8 Å². The molecular formula is C22H25N5O4S. The van der Waals surface area contributed by atoms with Crippen LogP contribution >= 0.6 is 12.2 Å². The quantitative estimate of drug-likeness (QED) is 0.421. The van der Waals surface area contributed by atoms with Crippen molar-refractivity contribution in [3.8, 4) is 22.9 Å². The summed E-state index contributed by atoms with van der Waals surface area (Å²) in [6.45, 7) is 4.27. The molecule has 3 aromatic rings. The molecule has 1 aromatic heterocycles. The zero-order valence-electron chi connectivity index (χ0n) is 18.1. The van der Waals surface area contributed by atoms with Crippen molar-refractivity contribution >= 4 is 35.4 Å². The number of ether oxygens (including phenoxy) is 2. The van der Waals surface area contributed by atoms with E-state index in [-0.39, 0.29) is 18.2 Å². The zero-order valence-corrected chi connectivity index (χ0v) is 18.9. The minimum absolute atomic E-state index is 0.180. The highest BCUT2D eigenvalue weighted by Gasteiger charge is 2.12. The first-order valence-electron chi connectivity index (χ1n) is 10.0. The highest BCUT2D eigenvalue weighted by Crippen LogP contribution is 2.28. The Kier molecular flexibility index (Phi) is 7.61. The number of hydrogen-bond acceptors (Lipinski definition) is 6. The molecule has 0 bridgehead atoms. The molecule has 2 amide bonds. The predicted molar refractivity (Wildman–Crippen MR) is 125 cm³/mol. The molecule has 10 heteroatoms. The number of nitrogens with zero attached hydrogens (tertiary/aromatic N) is 2. The molecule has 32 heavy (non-hydrogen) atoms. The zero-order chi connectivity index (χ0) is 23.1. The Hall–Kier alpha value is -3.66. The van der Waals surface area contributed by atoms with Crippen LogP contribution in [-0.4, -0.2) is 40.3 Å². The smallest absolute Gasteiger partial charge is 0.226 e. The molecule has 0 radical (unpaired) electrons. The van der Waals surface area contributed by atoms with Crippen molar-refractivity contribution in [2.24, 2.45) is 0 Å². The maximum Gasteiger partial charge on any atom is 0.226 e. The number of aromatic nitrogens is 3. The molecule has 0 unspecified atom stereocenters. The van der Waals surface area contributed by atoms with E-state index in [0.29, 0.717) is 40.9 Å². The largest absolute Gasteiger partial charge is 0.495 e. The van der Waals surface area contributed by atoms with Crippen LogP contribution in [-0.2, 0) is 16.1 Å². The topological polar surface area (TPSA) is 110 Å². The second-order valence-corrected chi connectivity index (χ2v) is 7.24. The van der Waals surface area contributed by atoms with Crippen LogP contribution in [0.1, 0.15) is 20.3 Å². The molecule has 0 aliphatic heterocycles. The van der Waals surface area contributed by atoms with Crippen LogP contribution in [0.25, 0.3) is 11.4 Å². The van der Waals surface area contributed by atoms with E-state index < -0.39 is 0 Å². The van der Waals surface area contributed by atoms with Crippen molar-refractivity contribution in [2.45, 2.75) is 26.8 Å². The summed E-state index contributed by atoms with van der Waals surface area (Å²) >= 11 is 5.34. The number of methoxy groups -OCH3 is 1. The molecule has 2 aromatic carbocycles. The first-order valence-corrected chi connectivity index (χ1v) is 10.5. The van der Waals surface area contributed by atoms with E-state index in [1.807, 2.05) is 31.2 Å². The Bertz CT molecular complexity index is 1150. The summed E-state index contributed by atoms with van der Waals surface area (Å²) in [7, 11) is 1.51. The van der Waals surface area contributed by atoms with Gasteiger partial charge in [-0.25, -0.2) is 0 Å². The van der Waals surface area contributed by atoms with Gasteiger partial charge in [-0.3, -0.25) is 19.3 Å². The van der Waals surface area contributed by atoms with Crippen molar-refractivity contribution in [1.29, 1.82) is 0 Å². The number of anilines is 2. The van der Waals surface area contributed by atoms with Gasteiger partial charge < -0.3 is 20.1 Å². The molecule has 0 saturated heterocycles. The van der Waals surface area contributed by atoms with E-state index in [1.54, 1.807) is 22.8 Å². The molecule has 3 rings (SSSR count). The Morgan fingerprint density at radius 3 is 2.56 bits per heavy atom. The molecule has 0 aliphatic carbocycles. The molecule has 0 saturated carbocycles. The van der Waals surface area contributed by atoms with E-state index in [1.165, 1.54) is 14.0 Å². The molecular weight excluding hydrogens is 430 g/mol. The summed E-state index contributed by atoms with van der Waals surface area (Å²) in [5.74, 6) is 1.48. The molecule has 1 heterocycles. The number of amides is 2. The second kappa shape index (κ2) is 10.6. The van der Waals surface area contributed by atoms with Crippen LogP contribution in [0.15, 0.2) is 42.5 Å². The van der Waals surface area contributed by atoms with Gasteiger partial charge >= 0.3 is 0 Å². The first kappa shape index (κ1) is 23.0. The van der Waals surface area contributed by atoms with Gasteiger partial charge in [0.15, 0.2) is 10.6 Å². The molecule has 168 valence electrons. The van der Waals surface area contributed by atoms with Crippen LogP contribution in [0.5, 0.6) is 11.5 Å². The Labute approximate surface area is 190 Å². The van der Waals surface area contributed by atoms with E-state index in [4.69, 9.17) is 21.7 Å². The minimum Gasteiger partial charge on any atom is -0.495 e. The third-order valence-corrected chi connectivity index (χ3v) is 4.85. The highest BCUT2D eigenvalue weighted by molar-refractivity contribution is 7.71. The molecule has 0 atom stereocenters. The minimum atomic E-state index is -0.233. The summed E-state index contributed by atoms with van der Waals surface area (Å²) in [5.41, 5.74) is 1.88. The fourth-order valence-electron chi connectivity index (χ4n) is 3.12. The van der Waals surface area contributed by atoms with Gasteiger partial charge in [0, 0.05) is 31.1 Å². The summed E-state index contributed by atoms with van der Waals surface area (Å²) in [6, 6.07) is 12.6. The number of benzene rings is 2. The number of aromatic amines is 1. The van der Waals surface area contributed by atoms with Crippen LogP contribution < -0.4 is 20.1 Å². The van der Waals surface area contributed by atoms with Crippen molar-refractivity contribution in [2.75, 3.05) is 24.4 Å². The Morgan fingerprint density at radius 1 is 1.16 bits per heavy atom. The normalized spacial score (nSPS) is 10.5. The molecule has 9 nitrogen and oxygen atoms in total. The summed E-state index contributed by atoms with van der Waals surface area (Å²) < 4.78 is 12.9. The van der Waals surface area contributed by atoms with Gasteiger partial charge in [-0.1, -0.05) is 0 Å². The number of H-pyrrole nitrogens is 1. The summed E-state index contributed by atoms with van der Waals surface area (Å²) in [4.78, 5) is 23.9. The standard InChI is InChI=1S/C22H25N5O4S/c1-4-31-17-8-5-15(6-9-17)21-25-26-22(32)27(21)12-11-20(29)24-16-7-10-19(30-3)18(13-16)23-14(2)28/h5-10,13H,4,11-12H2,1-3H3,(H,23,28)(H,24,29)(H,26,32). The van der Waals surface area contributed by atoms with Crippen molar-refractivity contribution < 1.29 is 19.1 Å². The van der Waals surface area contributed by atoms with Gasteiger partial charge in [-0.2, -0.15) is 5.10 Å².